The molecular weight excluding hydrogens is 270 g/mol. The Kier molecular flexibility index (Phi) is 3.88. The summed E-state index contributed by atoms with van der Waals surface area (Å²) in [7, 11) is 0. The number of nitrogens with one attached hydrogen (secondary N) is 2. The van der Waals surface area contributed by atoms with Crippen LogP contribution in [0.15, 0.2) is 12.1 Å². The van der Waals surface area contributed by atoms with Crippen molar-refractivity contribution in [2.24, 2.45) is 5.92 Å². The summed E-state index contributed by atoms with van der Waals surface area (Å²) in [5.74, 6) is 0.684. The molecule has 6 nitrogen and oxygen atoms in total. The molecule has 5 N–H and O–H groups in total. The van der Waals surface area contributed by atoms with Crippen LogP contribution in [0.2, 0.25) is 0 Å². The van der Waals surface area contributed by atoms with Gasteiger partial charge >= 0.3 is 0 Å². The molecule has 0 saturated heterocycles. The molecule has 1 aromatic rings. The van der Waals surface area contributed by atoms with Gasteiger partial charge in [-0.05, 0) is 18.9 Å². The van der Waals surface area contributed by atoms with E-state index >= 15 is 0 Å². The molecule has 1 aliphatic carbocycles. The van der Waals surface area contributed by atoms with Gasteiger partial charge in [-0.25, -0.2) is 0 Å². The molecule has 2 aliphatic rings. The van der Waals surface area contributed by atoms with Crippen LogP contribution in [0.25, 0.3) is 0 Å². The highest BCUT2D eigenvalue weighted by Gasteiger charge is 2.26. The summed E-state index contributed by atoms with van der Waals surface area (Å²) >= 11 is 0. The number of benzene rings is 1. The Bertz CT molecular complexity index is 547. The minimum absolute atomic E-state index is 0.0222. The maximum atomic E-state index is 11.4. The number of nitrogen functional groups attached to an aromatic ring is 1. The molecular formula is C15H21N3O3. The van der Waals surface area contributed by atoms with E-state index in [-0.39, 0.29) is 31.1 Å². The highest BCUT2D eigenvalue weighted by molar-refractivity contribution is 5.97. The van der Waals surface area contributed by atoms with E-state index in [9.17, 15) is 9.90 Å². The lowest BCUT2D eigenvalue weighted by atomic mass is 9.85. The van der Waals surface area contributed by atoms with Gasteiger partial charge in [0, 0.05) is 24.6 Å². The van der Waals surface area contributed by atoms with Crippen LogP contribution in [-0.4, -0.2) is 30.3 Å². The van der Waals surface area contributed by atoms with Crippen LogP contribution in [-0.2, 0) is 4.79 Å². The first-order chi connectivity index (χ1) is 10.2. The van der Waals surface area contributed by atoms with E-state index in [0.717, 1.165) is 31.4 Å². The van der Waals surface area contributed by atoms with Gasteiger partial charge in [0.05, 0.1) is 17.1 Å². The van der Waals surface area contributed by atoms with Crippen LogP contribution in [0.3, 0.4) is 0 Å². The molecule has 3 rings (SSSR count). The lowest BCUT2D eigenvalue weighted by Crippen LogP contribution is -2.34. The quantitative estimate of drug-likeness (QED) is 0.634. The highest BCUT2D eigenvalue weighted by atomic mass is 16.5. The summed E-state index contributed by atoms with van der Waals surface area (Å²) in [5, 5.41) is 15.7. The number of amides is 1. The maximum absolute atomic E-state index is 11.4. The predicted molar refractivity (Wildman–Crippen MR) is 81.4 cm³/mol. The van der Waals surface area contributed by atoms with Crippen molar-refractivity contribution in [3.05, 3.63) is 12.1 Å². The Labute approximate surface area is 123 Å². The number of aliphatic hydroxyl groups is 1. The fourth-order valence-electron chi connectivity index (χ4n) is 3.08. The molecule has 0 aromatic heterocycles. The van der Waals surface area contributed by atoms with Gasteiger partial charge in [0.25, 0.3) is 5.91 Å². The van der Waals surface area contributed by atoms with E-state index in [1.54, 1.807) is 6.07 Å². The summed E-state index contributed by atoms with van der Waals surface area (Å²) in [4.78, 5) is 11.4. The fourth-order valence-corrected chi connectivity index (χ4v) is 3.08. The summed E-state index contributed by atoms with van der Waals surface area (Å²) in [6.07, 6.45) is 4.36. The van der Waals surface area contributed by atoms with Crippen LogP contribution in [0, 0.1) is 5.92 Å². The first kappa shape index (κ1) is 14.0. The van der Waals surface area contributed by atoms with E-state index in [2.05, 4.69) is 10.6 Å². The van der Waals surface area contributed by atoms with Crippen LogP contribution in [0.1, 0.15) is 25.7 Å². The first-order valence-corrected chi connectivity index (χ1v) is 7.41. The molecule has 1 amide bonds. The largest absolute Gasteiger partial charge is 0.482 e. The zero-order chi connectivity index (χ0) is 14.8. The number of fused-ring (bicyclic) bond motifs is 1. The highest BCUT2D eigenvalue weighted by Crippen LogP contribution is 2.37. The number of hydrogen-bond acceptors (Lipinski definition) is 5. The van der Waals surface area contributed by atoms with Crippen molar-refractivity contribution in [3.63, 3.8) is 0 Å². The topological polar surface area (TPSA) is 96.6 Å². The fraction of sp³-hybridized carbons (Fsp3) is 0.533. The van der Waals surface area contributed by atoms with Gasteiger partial charge in [-0.2, -0.15) is 0 Å². The van der Waals surface area contributed by atoms with Crippen molar-refractivity contribution in [2.45, 2.75) is 31.7 Å². The average molecular weight is 291 g/mol. The Morgan fingerprint density at radius 1 is 1.38 bits per heavy atom. The second kappa shape index (κ2) is 5.81. The number of ether oxygens (including phenoxy) is 1. The van der Waals surface area contributed by atoms with Gasteiger partial charge < -0.3 is 26.2 Å². The molecule has 0 radical (unpaired) electrons. The van der Waals surface area contributed by atoms with Crippen molar-refractivity contribution in [1.29, 1.82) is 0 Å². The average Bonchev–Trinajstić information content (AvgIpc) is 2.49. The molecule has 6 heteroatoms. The molecule has 0 bridgehead atoms. The summed E-state index contributed by atoms with van der Waals surface area (Å²) in [6, 6.07) is 3.75. The smallest absolute Gasteiger partial charge is 0.262 e. The monoisotopic (exact) mass is 291 g/mol. The predicted octanol–water partition coefficient (Wildman–Crippen LogP) is 1.56. The van der Waals surface area contributed by atoms with E-state index < -0.39 is 0 Å². The number of anilines is 3. The Balaban J connectivity index is 1.81. The summed E-state index contributed by atoms with van der Waals surface area (Å²) in [5.41, 5.74) is 8.08. The van der Waals surface area contributed by atoms with Gasteiger partial charge in [0.1, 0.15) is 5.75 Å². The van der Waals surface area contributed by atoms with Crippen molar-refractivity contribution >= 4 is 23.0 Å². The van der Waals surface area contributed by atoms with Crippen molar-refractivity contribution < 1.29 is 14.6 Å². The third-order valence-corrected chi connectivity index (χ3v) is 4.27. The maximum Gasteiger partial charge on any atom is 0.262 e. The Morgan fingerprint density at radius 3 is 3.00 bits per heavy atom. The molecule has 1 heterocycles. The number of carbonyl (C=O) groups excluding carboxylic acids is 1. The van der Waals surface area contributed by atoms with Crippen LogP contribution < -0.4 is 21.1 Å². The van der Waals surface area contributed by atoms with Crippen molar-refractivity contribution in [2.75, 3.05) is 29.6 Å². The van der Waals surface area contributed by atoms with Gasteiger partial charge in [-0.15, -0.1) is 0 Å². The van der Waals surface area contributed by atoms with Crippen LogP contribution in [0.5, 0.6) is 5.75 Å². The van der Waals surface area contributed by atoms with Gasteiger partial charge in [0.2, 0.25) is 0 Å². The lowest BCUT2D eigenvalue weighted by molar-refractivity contribution is -0.118. The summed E-state index contributed by atoms with van der Waals surface area (Å²) in [6.45, 7) is 0.205. The molecule has 2 unspecified atom stereocenters. The van der Waals surface area contributed by atoms with E-state index in [1.807, 2.05) is 6.07 Å². The standard InChI is InChI=1S/C15H21N3O3/c16-10-5-14-13(18-15(20)8-21-14)6-12(10)17-11-4-2-1-3-9(11)7-19/h5-6,9,11,17,19H,1-4,7-8,16H2,(H,18,20). The molecule has 2 atom stereocenters. The van der Waals surface area contributed by atoms with Crippen LogP contribution in [0.4, 0.5) is 17.1 Å². The van der Waals surface area contributed by atoms with Crippen molar-refractivity contribution in [1.82, 2.24) is 0 Å². The Hall–Kier alpha value is -1.95. The molecule has 1 aliphatic heterocycles. The molecule has 1 aromatic carbocycles. The zero-order valence-electron chi connectivity index (χ0n) is 11.9. The SMILES string of the molecule is Nc1cc2c(cc1NC1CCCCC1CO)NC(=O)CO2. The third-order valence-electron chi connectivity index (χ3n) is 4.27. The number of aliphatic hydroxyl groups excluding tert-OH is 1. The minimum Gasteiger partial charge on any atom is -0.482 e. The van der Waals surface area contributed by atoms with Gasteiger partial charge in [-0.1, -0.05) is 12.8 Å². The number of carbonyl (C=O) groups is 1. The molecule has 114 valence electrons. The Morgan fingerprint density at radius 2 is 2.19 bits per heavy atom. The van der Waals surface area contributed by atoms with Crippen LogP contribution >= 0.6 is 0 Å². The third kappa shape index (κ3) is 2.90. The lowest BCUT2D eigenvalue weighted by Gasteiger charge is -2.32. The number of nitrogens with two attached hydrogens (primary N) is 1. The normalized spacial score (nSPS) is 24.7. The van der Waals surface area contributed by atoms with E-state index in [0.29, 0.717) is 17.1 Å². The van der Waals surface area contributed by atoms with Gasteiger partial charge in [0.15, 0.2) is 6.61 Å². The second-order valence-corrected chi connectivity index (χ2v) is 5.75. The number of hydrogen-bond donors (Lipinski definition) is 4. The minimum atomic E-state index is -0.163. The molecule has 21 heavy (non-hydrogen) atoms. The number of rotatable bonds is 3. The summed E-state index contributed by atoms with van der Waals surface area (Å²) < 4.78 is 5.34. The molecule has 1 saturated carbocycles. The first-order valence-electron chi connectivity index (χ1n) is 7.41. The van der Waals surface area contributed by atoms with E-state index in [4.69, 9.17) is 10.5 Å². The zero-order valence-corrected chi connectivity index (χ0v) is 11.9. The second-order valence-electron chi connectivity index (χ2n) is 5.75. The molecule has 0 spiro atoms. The van der Waals surface area contributed by atoms with Crippen molar-refractivity contribution in [3.8, 4) is 5.75 Å². The van der Waals surface area contributed by atoms with Gasteiger partial charge in [-0.3, -0.25) is 4.79 Å². The molecule has 1 fully saturated rings. The van der Waals surface area contributed by atoms with E-state index in [1.165, 1.54) is 0 Å².